The van der Waals surface area contributed by atoms with Crippen molar-refractivity contribution >= 4 is 5.97 Å². The molecule has 0 aliphatic carbocycles. The molecule has 18 heavy (non-hydrogen) atoms. The van der Waals surface area contributed by atoms with Gasteiger partial charge in [-0.25, -0.2) is 0 Å². The number of hydrogen-bond donors (Lipinski definition) is 2. The van der Waals surface area contributed by atoms with Crippen LogP contribution in [0, 0.1) is 5.92 Å². The van der Waals surface area contributed by atoms with Crippen molar-refractivity contribution in [1.82, 2.24) is 0 Å². The number of esters is 1. The third-order valence-corrected chi connectivity index (χ3v) is 3.46. The molecule has 0 bridgehead atoms. The summed E-state index contributed by atoms with van der Waals surface area (Å²) in [5.41, 5.74) is 0. The molecule has 1 rings (SSSR count). The first-order chi connectivity index (χ1) is 8.49. The lowest BCUT2D eigenvalue weighted by Gasteiger charge is -2.35. The van der Waals surface area contributed by atoms with Crippen molar-refractivity contribution in [2.45, 2.75) is 64.4 Å². The van der Waals surface area contributed by atoms with Crippen molar-refractivity contribution in [2.75, 3.05) is 6.61 Å². The Bertz CT molecular complexity index is 264. The van der Waals surface area contributed by atoms with Gasteiger partial charge in [0.25, 0.3) is 0 Å². The van der Waals surface area contributed by atoms with Crippen LogP contribution in [0.3, 0.4) is 0 Å². The maximum atomic E-state index is 11.7. The molecule has 1 fully saturated rings. The lowest BCUT2D eigenvalue weighted by atomic mass is 9.99. The summed E-state index contributed by atoms with van der Waals surface area (Å²) in [4.78, 5) is 11.7. The van der Waals surface area contributed by atoms with Crippen molar-refractivity contribution in [3.8, 4) is 0 Å². The van der Waals surface area contributed by atoms with Gasteiger partial charge in [0.2, 0.25) is 0 Å². The second-order valence-electron chi connectivity index (χ2n) is 4.92. The van der Waals surface area contributed by atoms with Gasteiger partial charge in [0.15, 0.2) is 0 Å². The number of ether oxygens (including phenoxy) is 2. The first-order valence-electron chi connectivity index (χ1n) is 6.67. The number of hydrogen-bond acceptors (Lipinski definition) is 5. The molecule has 1 heterocycles. The molecule has 0 radical (unpaired) electrons. The fourth-order valence-corrected chi connectivity index (χ4v) is 2.20. The topological polar surface area (TPSA) is 76.0 Å². The maximum Gasteiger partial charge on any atom is 0.309 e. The van der Waals surface area contributed by atoms with Crippen LogP contribution in [-0.2, 0) is 14.3 Å². The molecule has 1 aliphatic heterocycles. The van der Waals surface area contributed by atoms with Crippen LogP contribution in [0.15, 0.2) is 0 Å². The standard InChI is InChI=1S/C13H24O5/c1-4-9(5-2)13(16)17-7-11-12(15)10(14)6-8(3)18-11/h8-12,14-15H,4-7H2,1-3H3. The Morgan fingerprint density at radius 2 is 2.00 bits per heavy atom. The van der Waals surface area contributed by atoms with Crippen LogP contribution in [0.1, 0.15) is 40.0 Å². The Labute approximate surface area is 108 Å². The first kappa shape index (κ1) is 15.4. The van der Waals surface area contributed by atoms with Crippen molar-refractivity contribution in [1.29, 1.82) is 0 Å². The van der Waals surface area contributed by atoms with Crippen LogP contribution in [-0.4, -0.2) is 47.2 Å². The lowest BCUT2D eigenvalue weighted by molar-refractivity contribution is -0.188. The number of aliphatic hydroxyl groups excluding tert-OH is 2. The van der Waals surface area contributed by atoms with E-state index in [1.54, 1.807) is 0 Å². The second kappa shape index (κ2) is 7.07. The van der Waals surface area contributed by atoms with Crippen LogP contribution in [0.2, 0.25) is 0 Å². The summed E-state index contributed by atoms with van der Waals surface area (Å²) in [6, 6.07) is 0. The molecular weight excluding hydrogens is 236 g/mol. The smallest absolute Gasteiger partial charge is 0.309 e. The fraction of sp³-hybridized carbons (Fsp3) is 0.923. The fourth-order valence-electron chi connectivity index (χ4n) is 2.20. The van der Waals surface area contributed by atoms with Crippen LogP contribution >= 0.6 is 0 Å². The Hall–Kier alpha value is -0.650. The van der Waals surface area contributed by atoms with Gasteiger partial charge in [0.05, 0.1) is 18.1 Å². The highest BCUT2D eigenvalue weighted by Crippen LogP contribution is 2.21. The zero-order chi connectivity index (χ0) is 13.7. The Morgan fingerprint density at radius 1 is 1.39 bits per heavy atom. The van der Waals surface area contributed by atoms with Gasteiger partial charge in [-0.2, -0.15) is 0 Å². The highest BCUT2D eigenvalue weighted by Gasteiger charge is 2.35. The summed E-state index contributed by atoms with van der Waals surface area (Å²) < 4.78 is 10.6. The van der Waals surface area contributed by atoms with Gasteiger partial charge in [-0.1, -0.05) is 13.8 Å². The summed E-state index contributed by atoms with van der Waals surface area (Å²) in [5, 5.41) is 19.4. The number of aliphatic hydroxyl groups is 2. The SMILES string of the molecule is CCC(CC)C(=O)OCC1OC(C)CC(O)C1O. The Morgan fingerprint density at radius 3 is 2.56 bits per heavy atom. The van der Waals surface area contributed by atoms with Gasteiger partial charge < -0.3 is 19.7 Å². The molecule has 5 nitrogen and oxygen atoms in total. The minimum atomic E-state index is -0.990. The van der Waals surface area contributed by atoms with E-state index in [-0.39, 0.29) is 24.6 Å². The normalized spacial score (nSPS) is 32.6. The van der Waals surface area contributed by atoms with E-state index < -0.39 is 18.3 Å². The van der Waals surface area contributed by atoms with E-state index in [0.717, 1.165) is 12.8 Å². The summed E-state index contributed by atoms with van der Waals surface area (Å²) >= 11 is 0. The Kier molecular flexibility index (Phi) is 6.05. The molecule has 106 valence electrons. The van der Waals surface area contributed by atoms with Gasteiger partial charge in [0, 0.05) is 6.42 Å². The van der Waals surface area contributed by atoms with Crippen LogP contribution < -0.4 is 0 Å². The largest absolute Gasteiger partial charge is 0.463 e. The molecule has 1 aliphatic rings. The highest BCUT2D eigenvalue weighted by atomic mass is 16.6. The molecule has 0 aromatic heterocycles. The zero-order valence-electron chi connectivity index (χ0n) is 11.3. The van der Waals surface area contributed by atoms with E-state index in [1.807, 2.05) is 20.8 Å². The van der Waals surface area contributed by atoms with Crippen LogP contribution in [0.5, 0.6) is 0 Å². The number of carbonyl (C=O) groups is 1. The predicted octanol–water partition coefficient (Wildman–Crippen LogP) is 0.865. The van der Waals surface area contributed by atoms with Gasteiger partial charge in [-0.15, -0.1) is 0 Å². The predicted molar refractivity (Wildman–Crippen MR) is 66.0 cm³/mol. The van der Waals surface area contributed by atoms with Crippen molar-refractivity contribution in [3.63, 3.8) is 0 Å². The first-order valence-corrected chi connectivity index (χ1v) is 6.67. The Balaban J connectivity index is 2.44. The summed E-state index contributed by atoms with van der Waals surface area (Å²) in [6.07, 6.45) is -0.702. The highest BCUT2D eigenvalue weighted by molar-refractivity contribution is 5.72. The molecular formula is C13H24O5. The van der Waals surface area contributed by atoms with E-state index in [0.29, 0.717) is 6.42 Å². The molecule has 0 aromatic carbocycles. The lowest BCUT2D eigenvalue weighted by Crippen LogP contribution is -2.49. The molecule has 2 N–H and O–H groups in total. The van der Waals surface area contributed by atoms with E-state index >= 15 is 0 Å². The van der Waals surface area contributed by atoms with Gasteiger partial charge in [0.1, 0.15) is 18.8 Å². The van der Waals surface area contributed by atoms with E-state index in [1.165, 1.54) is 0 Å². The second-order valence-corrected chi connectivity index (χ2v) is 4.92. The molecule has 1 saturated heterocycles. The van der Waals surface area contributed by atoms with E-state index in [4.69, 9.17) is 9.47 Å². The molecule has 0 amide bonds. The summed E-state index contributed by atoms with van der Waals surface area (Å²) in [7, 11) is 0. The summed E-state index contributed by atoms with van der Waals surface area (Å²) in [6.45, 7) is 5.70. The molecule has 0 saturated carbocycles. The minimum Gasteiger partial charge on any atom is -0.463 e. The number of carbonyl (C=O) groups excluding carboxylic acids is 1. The van der Waals surface area contributed by atoms with Gasteiger partial charge >= 0.3 is 5.97 Å². The van der Waals surface area contributed by atoms with Crippen molar-refractivity contribution < 1.29 is 24.5 Å². The third kappa shape index (κ3) is 3.93. The van der Waals surface area contributed by atoms with Crippen LogP contribution in [0.25, 0.3) is 0 Å². The summed E-state index contributed by atoms with van der Waals surface area (Å²) in [5.74, 6) is -0.364. The minimum absolute atomic E-state index is 0.00208. The average Bonchev–Trinajstić information content (AvgIpc) is 2.33. The number of rotatable bonds is 5. The third-order valence-electron chi connectivity index (χ3n) is 3.46. The molecule has 4 unspecified atom stereocenters. The molecule has 5 heteroatoms. The molecule has 0 aromatic rings. The monoisotopic (exact) mass is 260 g/mol. The van der Waals surface area contributed by atoms with E-state index in [2.05, 4.69) is 0 Å². The van der Waals surface area contributed by atoms with E-state index in [9.17, 15) is 15.0 Å². The van der Waals surface area contributed by atoms with Gasteiger partial charge in [-0.3, -0.25) is 4.79 Å². The van der Waals surface area contributed by atoms with Gasteiger partial charge in [-0.05, 0) is 19.8 Å². The quantitative estimate of drug-likeness (QED) is 0.717. The van der Waals surface area contributed by atoms with Crippen molar-refractivity contribution in [3.05, 3.63) is 0 Å². The average molecular weight is 260 g/mol. The molecule has 4 atom stereocenters. The molecule has 0 spiro atoms. The zero-order valence-corrected chi connectivity index (χ0v) is 11.3. The maximum absolute atomic E-state index is 11.7. The van der Waals surface area contributed by atoms with Crippen LogP contribution in [0.4, 0.5) is 0 Å². The van der Waals surface area contributed by atoms with Crippen molar-refractivity contribution in [2.24, 2.45) is 5.92 Å².